The average molecular weight is 361 g/mol. The maximum atomic E-state index is 12.2. The minimum Gasteiger partial charge on any atom is -0.272 e. The Bertz CT molecular complexity index is 751. The molecule has 1 N–H and O–H groups in total. The highest BCUT2D eigenvalue weighted by atomic mass is 79.9. The van der Waals surface area contributed by atoms with Crippen molar-refractivity contribution in [3.63, 3.8) is 0 Å². The SMILES string of the molecule is Cc1cc(S(=O)(=O)Nc2nn(C)cc2C#N)sc1Br. The number of nitrogens with one attached hydrogen (secondary N) is 1. The summed E-state index contributed by atoms with van der Waals surface area (Å²) in [5, 5.41) is 12.8. The Labute approximate surface area is 122 Å². The lowest BCUT2D eigenvalue weighted by Crippen LogP contribution is -2.13. The highest BCUT2D eigenvalue weighted by Gasteiger charge is 2.21. The van der Waals surface area contributed by atoms with Crippen LogP contribution in [0.3, 0.4) is 0 Å². The number of aryl methyl sites for hydroxylation is 2. The quantitative estimate of drug-likeness (QED) is 0.908. The number of thiophene rings is 1. The van der Waals surface area contributed by atoms with E-state index in [0.29, 0.717) is 0 Å². The lowest BCUT2D eigenvalue weighted by atomic mass is 10.4. The van der Waals surface area contributed by atoms with E-state index in [9.17, 15) is 8.42 Å². The van der Waals surface area contributed by atoms with E-state index < -0.39 is 10.0 Å². The molecular formula is C10H9BrN4O2S2. The number of hydrogen-bond donors (Lipinski definition) is 1. The van der Waals surface area contributed by atoms with Crippen LogP contribution in [-0.4, -0.2) is 18.2 Å². The van der Waals surface area contributed by atoms with E-state index in [2.05, 4.69) is 25.8 Å². The number of aromatic nitrogens is 2. The lowest BCUT2D eigenvalue weighted by Gasteiger charge is -2.02. The largest absolute Gasteiger partial charge is 0.272 e. The summed E-state index contributed by atoms with van der Waals surface area (Å²) in [6, 6.07) is 3.45. The van der Waals surface area contributed by atoms with Crippen molar-refractivity contribution in [3.8, 4) is 6.07 Å². The Hall–Kier alpha value is -1.37. The van der Waals surface area contributed by atoms with Gasteiger partial charge in [0.15, 0.2) is 5.82 Å². The van der Waals surface area contributed by atoms with Crippen LogP contribution in [0.1, 0.15) is 11.1 Å². The molecule has 0 radical (unpaired) electrons. The van der Waals surface area contributed by atoms with Crippen molar-refractivity contribution in [2.45, 2.75) is 11.1 Å². The number of sulfonamides is 1. The summed E-state index contributed by atoms with van der Waals surface area (Å²) in [5.74, 6) is 0.0344. The molecule has 2 rings (SSSR count). The number of rotatable bonds is 3. The van der Waals surface area contributed by atoms with Gasteiger partial charge in [0, 0.05) is 13.2 Å². The zero-order valence-electron chi connectivity index (χ0n) is 10.0. The van der Waals surface area contributed by atoms with Gasteiger partial charge in [0.25, 0.3) is 10.0 Å². The third kappa shape index (κ3) is 2.80. The molecule has 0 aliphatic rings. The molecule has 2 heterocycles. The molecule has 0 amide bonds. The van der Waals surface area contributed by atoms with Crippen LogP contribution in [0.15, 0.2) is 20.3 Å². The maximum Gasteiger partial charge on any atom is 0.272 e. The number of hydrogen-bond acceptors (Lipinski definition) is 5. The van der Waals surface area contributed by atoms with Crippen LogP contribution in [0.25, 0.3) is 0 Å². The molecule has 0 atom stereocenters. The van der Waals surface area contributed by atoms with E-state index >= 15 is 0 Å². The van der Waals surface area contributed by atoms with Crippen LogP contribution in [0.5, 0.6) is 0 Å². The molecule has 0 aliphatic heterocycles. The minimum atomic E-state index is -3.72. The Morgan fingerprint density at radius 1 is 1.58 bits per heavy atom. The highest BCUT2D eigenvalue weighted by Crippen LogP contribution is 2.31. The first-order valence-electron chi connectivity index (χ1n) is 5.06. The standard InChI is InChI=1S/C10H9BrN4O2S2/c1-6-3-8(18-9(6)11)19(16,17)14-10-7(4-12)5-15(2)13-10/h3,5H,1-2H3,(H,13,14). The summed E-state index contributed by atoms with van der Waals surface area (Å²) in [6.45, 7) is 1.81. The highest BCUT2D eigenvalue weighted by molar-refractivity contribution is 9.11. The Balaban J connectivity index is 2.39. The predicted molar refractivity (Wildman–Crippen MR) is 75.5 cm³/mol. The van der Waals surface area contributed by atoms with Crippen molar-refractivity contribution in [3.05, 3.63) is 27.2 Å². The molecule has 0 saturated heterocycles. The van der Waals surface area contributed by atoms with Gasteiger partial charge in [0.05, 0.1) is 3.79 Å². The van der Waals surface area contributed by atoms with Crippen molar-refractivity contribution in [2.75, 3.05) is 4.72 Å². The Morgan fingerprint density at radius 3 is 2.79 bits per heavy atom. The van der Waals surface area contributed by atoms with Gasteiger partial charge < -0.3 is 0 Å². The molecule has 0 fully saturated rings. The van der Waals surface area contributed by atoms with Crippen molar-refractivity contribution in [1.29, 1.82) is 5.26 Å². The molecule has 0 bridgehead atoms. The monoisotopic (exact) mass is 360 g/mol. The van der Waals surface area contributed by atoms with E-state index in [1.807, 2.05) is 6.07 Å². The van der Waals surface area contributed by atoms with Crippen molar-refractivity contribution < 1.29 is 8.42 Å². The number of halogens is 1. The smallest absolute Gasteiger partial charge is 0.272 e. The summed E-state index contributed by atoms with van der Waals surface area (Å²) in [7, 11) is -2.11. The van der Waals surface area contributed by atoms with Gasteiger partial charge in [-0.1, -0.05) is 0 Å². The van der Waals surface area contributed by atoms with Gasteiger partial charge in [-0.25, -0.2) is 8.42 Å². The van der Waals surface area contributed by atoms with Gasteiger partial charge in [0.2, 0.25) is 0 Å². The average Bonchev–Trinajstić information content (AvgIpc) is 2.83. The second-order valence-electron chi connectivity index (χ2n) is 3.80. The third-order valence-corrected chi connectivity index (χ3v) is 6.23. The maximum absolute atomic E-state index is 12.2. The fourth-order valence-corrected chi connectivity index (χ4v) is 4.63. The Morgan fingerprint density at radius 2 is 2.26 bits per heavy atom. The van der Waals surface area contributed by atoms with Crippen molar-refractivity contribution >= 4 is 43.1 Å². The van der Waals surface area contributed by atoms with Gasteiger partial charge >= 0.3 is 0 Å². The van der Waals surface area contributed by atoms with Crippen molar-refractivity contribution in [2.24, 2.45) is 7.05 Å². The number of nitrogens with zero attached hydrogens (tertiary/aromatic N) is 3. The third-order valence-electron chi connectivity index (χ3n) is 2.28. The molecule has 0 aliphatic carbocycles. The van der Waals surface area contributed by atoms with E-state index in [4.69, 9.17) is 5.26 Å². The molecule has 0 unspecified atom stereocenters. The van der Waals surface area contributed by atoms with Gasteiger partial charge in [-0.15, -0.1) is 11.3 Å². The summed E-state index contributed by atoms with van der Waals surface area (Å²) in [6.07, 6.45) is 1.45. The molecule has 2 aromatic rings. The fourth-order valence-electron chi connectivity index (χ4n) is 1.39. The van der Waals surface area contributed by atoms with Crippen LogP contribution in [0.2, 0.25) is 0 Å². The molecule has 0 spiro atoms. The van der Waals surface area contributed by atoms with E-state index in [1.165, 1.54) is 10.9 Å². The van der Waals surface area contributed by atoms with E-state index in [1.54, 1.807) is 20.0 Å². The molecule has 9 heteroatoms. The molecule has 0 aromatic carbocycles. The van der Waals surface area contributed by atoms with Crippen LogP contribution in [0.4, 0.5) is 5.82 Å². The summed E-state index contributed by atoms with van der Waals surface area (Å²) < 4.78 is 29.0. The zero-order chi connectivity index (χ0) is 14.2. The molecule has 0 saturated carbocycles. The normalized spacial score (nSPS) is 11.3. The van der Waals surface area contributed by atoms with Gasteiger partial charge in [-0.3, -0.25) is 9.40 Å². The second kappa shape index (κ2) is 4.96. The van der Waals surface area contributed by atoms with E-state index in [0.717, 1.165) is 20.7 Å². The zero-order valence-corrected chi connectivity index (χ0v) is 13.2. The van der Waals surface area contributed by atoms with Crippen LogP contribution >= 0.6 is 27.3 Å². The lowest BCUT2D eigenvalue weighted by molar-refractivity contribution is 0.602. The number of nitriles is 1. The van der Waals surface area contributed by atoms with Gasteiger partial charge in [0.1, 0.15) is 15.8 Å². The Kier molecular flexibility index (Phi) is 3.66. The van der Waals surface area contributed by atoms with Crippen LogP contribution in [0, 0.1) is 18.3 Å². The fraction of sp³-hybridized carbons (Fsp3) is 0.200. The minimum absolute atomic E-state index is 0.0344. The topological polar surface area (TPSA) is 87.8 Å². The van der Waals surface area contributed by atoms with E-state index in [-0.39, 0.29) is 15.6 Å². The van der Waals surface area contributed by atoms with Crippen LogP contribution < -0.4 is 4.72 Å². The van der Waals surface area contributed by atoms with Gasteiger partial charge in [-0.05, 0) is 34.5 Å². The van der Waals surface area contributed by atoms with Crippen molar-refractivity contribution in [1.82, 2.24) is 9.78 Å². The summed E-state index contributed by atoms with van der Waals surface area (Å²) in [4.78, 5) is 0. The first-order valence-corrected chi connectivity index (χ1v) is 8.15. The number of anilines is 1. The molecule has 2 aromatic heterocycles. The molecule has 19 heavy (non-hydrogen) atoms. The summed E-state index contributed by atoms with van der Waals surface area (Å²) in [5.41, 5.74) is 1.02. The second-order valence-corrected chi connectivity index (χ2v) is 8.08. The molecule has 6 nitrogen and oxygen atoms in total. The predicted octanol–water partition coefficient (Wildman–Crippen LogP) is 2.23. The first-order chi connectivity index (χ1) is 8.83. The first kappa shape index (κ1) is 14.0. The summed E-state index contributed by atoms with van der Waals surface area (Å²) >= 11 is 4.39. The van der Waals surface area contributed by atoms with Crippen LogP contribution in [-0.2, 0) is 17.1 Å². The molecular weight excluding hydrogens is 352 g/mol. The molecule has 100 valence electrons. The van der Waals surface area contributed by atoms with Gasteiger partial charge in [-0.2, -0.15) is 10.4 Å².